The highest BCUT2D eigenvalue weighted by atomic mass is 16.3. The first-order chi connectivity index (χ1) is 10.5. The number of primary amides is 1. The first-order valence-electron chi connectivity index (χ1n) is 7.49. The second-order valence-corrected chi connectivity index (χ2v) is 5.78. The molecule has 2 atom stereocenters. The molecule has 1 aromatic rings. The Balaban J connectivity index is 1.82. The van der Waals surface area contributed by atoms with Crippen LogP contribution >= 0.6 is 0 Å². The van der Waals surface area contributed by atoms with E-state index in [1.165, 1.54) is 0 Å². The molecule has 1 aliphatic heterocycles. The van der Waals surface area contributed by atoms with Gasteiger partial charge in [0.25, 0.3) is 0 Å². The van der Waals surface area contributed by atoms with Crippen molar-refractivity contribution < 1.29 is 14.7 Å². The number of hydrogen-bond donors (Lipinski definition) is 3. The molecule has 0 aromatic heterocycles. The van der Waals surface area contributed by atoms with Crippen molar-refractivity contribution in [3.05, 3.63) is 35.4 Å². The zero-order chi connectivity index (χ0) is 16.1. The maximum Gasteiger partial charge on any atom is 0.248 e. The summed E-state index contributed by atoms with van der Waals surface area (Å²) in [6.45, 7) is 2.15. The number of aliphatic hydroxyl groups excluding tert-OH is 1. The minimum absolute atomic E-state index is 0.00260. The Labute approximate surface area is 130 Å². The van der Waals surface area contributed by atoms with Gasteiger partial charge in [-0.15, -0.1) is 0 Å². The maximum absolute atomic E-state index is 11.4. The third-order valence-electron chi connectivity index (χ3n) is 4.16. The van der Waals surface area contributed by atoms with Gasteiger partial charge in [-0.3, -0.25) is 9.59 Å². The molecule has 0 unspecified atom stereocenters. The number of amides is 2. The van der Waals surface area contributed by atoms with Gasteiger partial charge in [0.2, 0.25) is 11.8 Å². The average Bonchev–Trinajstić information content (AvgIpc) is 2.85. The molecule has 0 spiro atoms. The van der Waals surface area contributed by atoms with Crippen molar-refractivity contribution in [3.63, 3.8) is 0 Å². The Kier molecular flexibility index (Phi) is 5.51. The molecule has 2 amide bonds. The molecular weight excluding hydrogens is 282 g/mol. The molecule has 1 aliphatic rings. The van der Waals surface area contributed by atoms with Crippen LogP contribution < -0.4 is 11.1 Å². The zero-order valence-corrected chi connectivity index (χ0v) is 12.8. The summed E-state index contributed by atoms with van der Waals surface area (Å²) in [5, 5.41) is 12.6. The van der Waals surface area contributed by atoms with Crippen LogP contribution in [0.5, 0.6) is 0 Å². The number of aliphatic hydroxyl groups is 1. The van der Waals surface area contributed by atoms with Crippen LogP contribution in [0.3, 0.4) is 0 Å². The van der Waals surface area contributed by atoms with Crippen molar-refractivity contribution >= 4 is 11.8 Å². The average molecular weight is 305 g/mol. The van der Waals surface area contributed by atoms with Crippen LogP contribution in [0.25, 0.3) is 0 Å². The largest absolute Gasteiger partial charge is 0.391 e. The minimum atomic E-state index is -0.450. The fourth-order valence-electron chi connectivity index (χ4n) is 2.79. The van der Waals surface area contributed by atoms with E-state index in [-0.39, 0.29) is 11.8 Å². The standard InChI is InChI=1S/C16H23N3O3/c1-18-15(21)8-13-9-19(10-14(13)20)7-6-11-2-4-12(5-3-11)16(17)22/h2-5,13-14,20H,6-10H2,1H3,(H2,17,22)(H,18,21)/t13-,14-/m1/s1. The van der Waals surface area contributed by atoms with Crippen molar-refractivity contribution in [1.29, 1.82) is 0 Å². The molecule has 22 heavy (non-hydrogen) atoms. The predicted octanol–water partition coefficient (Wildman–Crippen LogP) is -0.243. The Morgan fingerprint density at radius 2 is 2.00 bits per heavy atom. The Morgan fingerprint density at radius 3 is 2.59 bits per heavy atom. The van der Waals surface area contributed by atoms with Gasteiger partial charge in [0.1, 0.15) is 0 Å². The van der Waals surface area contributed by atoms with Gasteiger partial charge in [0.15, 0.2) is 0 Å². The highest BCUT2D eigenvalue weighted by molar-refractivity contribution is 5.92. The fraction of sp³-hybridized carbons (Fsp3) is 0.500. The Morgan fingerprint density at radius 1 is 1.32 bits per heavy atom. The number of carbonyl (C=O) groups excluding carboxylic acids is 2. The van der Waals surface area contributed by atoms with Crippen LogP contribution in [0.2, 0.25) is 0 Å². The SMILES string of the molecule is CNC(=O)C[C@@H]1CN(CCc2ccc(C(N)=O)cc2)C[C@H]1O. The van der Waals surface area contributed by atoms with Gasteiger partial charge in [-0.2, -0.15) is 0 Å². The number of rotatable bonds is 6. The lowest BCUT2D eigenvalue weighted by molar-refractivity contribution is -0.122. The number of nitrogens with zero attached hydrogens (tertiary/aromatic N) is 1. The third-order valence-corrected chi connectivity index (χ3v) is 4.16. The van der Waals surface area contributed by atoms with Gasteiger partial charge in [0.05, 0.1) is 6.10 Å². The van der Waals surface area contributed by atoms with E-state index < -0.39 is 12.0 Å². The topological polar surface area (TPSA) is 95.7 Å². The molecule has 2 rings (SSSR count). The highest BCUT2D eigenvalue weighted by Crippen LogP contribution is 2.20. The third kappa shape index (κ3) is 4.29. The van der Waals surface area contributed by atoms with Crippen LogP contribution in [0, 0.1) is 5.92 Å². The van der Waals surface area contributed by atoms with Crippen molar-refractivity contribution in [2.75, 3.05) is 26.7 Å². The van der Waals surface area contributed by atoms with Crippen molar-refractivity contribution in [2.45, 2.75) is 18.9 Å². The Bertz CT molecular complexity index is 530. The van der Waals surface area contributed by atoms with Crippen molar-refractivity contribution in [1.82, 2.24) is 10.2 Å². The number of nitrogens with one attached hydrogen (secondary N) is 1. The minimum Gasteiger partial charge on any atom is -0.391 e. The van der Waals surface area contributed by atoms with Crippen LogP contribution in [0.4, 0.5) is 0 Å². The molecule has 120 valence electrons. The normalized spacial score (nSPS) is 21.7. The van der Waals surface area contributed by atoms with E-state index in [9.17, 15) is 14.7 Å². The number of hydrogen-bond acceptors (Lipinski definition) is 4. The number of benzene rings is 1. The summed E-state index contributed by atoms with van der Waals surface area (Å²) >= 11 is 0. The second kappa shape index (κ2) is 7.38. The monoisotopic (exact) mass is 305 g/mol. The second-order valence-electron chi connectivity index (χ2n) is 5.78. The van der Waals surface area contributed by atoms with Gasteiger partial charge in [0, 0.05) is 44.6 Å². The van der Waals surface area contributed by atoms with Gasteiger partial charge in [-0.1, -0.05) is 12.1 Å². The van der Waals surface area contributed by atoms with Gasteiger partial charge >= 0.3 is 0 Å². The lowest BCUT2D eigenvalue weighted by Crippen LogP contribution is -2.27. The first kappa shape index (κ1) is 16.5. The number of nitrogens with two attached hydrogens (primary N) is 1. The van der Waals surface area contributed by atoms with Crippen LogP contribution in [0.1, 0.15) is 22.3 Å². The smallest absolute Gasteiger partial charge is 0.248 e. The van der Waals surface area contributed by atoms with Crippen LogP contribution in [-0.2, 0) is 11.2 Å². The number of likely N-dealkylation sites (tertiary alicyclic amines) is 1. The van der Waals surface area contributed by atoms with E-state index in [1.54, 1.807) is 19.2 Å². The van der Waals surface area contributed by atoms with Gasteiger partial charge in [-0.25, -0.2) is 0 Å². The van der Waals surface area contributed by atoms with Crippen LogP contribution in [0.15, 0.2) is 24.3 Å². The fourth-order valence-corrected chi connectivity index (χ4v) is 2.79. The molecule has 0 aliphatic carbocycles. The van der Waals surface area contributed by atoms with E-state index in [4.69, 9.17) is 5.73 Å². The summed E-state index contributed by atoms with van der Waals surface area (Å²) in [6, 6.07) is 7.25. The summed E-state index contributed by atoms with van der Waals surface area (Å²) in [5.41, 5.74) is 6.84. The molecule has 6 heteroatoms. The molecule has 1 fully saturated rings. The summed E-state index contributed by atoms with van der Waals surface area (Å²) < 4.78 is 0. The summed E-state index contributed by atoms with van der Waals surface area (Å²) in [6.07, 6.45) is 0.745. The van der Waals surface area contributed by atoms with E-state index in [1.807, 2.05) is 12.1 Å². The lowest BCUT2D eigenvalue weighted by atomic mass is 10.0. The first-order valence-corrected chi connectivity index (χ1v) is 7.49. The van der Waals surface area contributed by atoms with E-state index >= 15 is 0 Å². The predicted molar refractivity (Wildman–Crippen MR) is 83.3 cm³/mol. The van der Waals surface area contributed by atoms with E-state index in [2.05, 4.69) is 10.2 Å². The van der Waals surface area contributed by atoms with E-state index in [0.717, 1.165) is 25.1 Å². The van der Waals surface area contributed by atoms with Gasteiger partial charge < -0.3 is 21.1 Å². The van der Waals surface area contributed by atoms with Crippen LogP contribution in [-0.4, -0.2) is 54.6 Å². The molecule has 1 saturated heterocycles. The Hall–Kier alpha value is -1.92. The molecule has 0 saturated carbocycles. The van der Waals surface area contributed by atoms with Crippen molar-refractivity contribution in [2.24, 2.45) is 11.7 Å². The summed E-state index contributed by atoms with van der Waals surface area (Å²) in [7, 11) is 1.61. The number of β-amino-alcohol motifs (C(OH)–C–C–N with tert-alkyl or cyclic N) is 1. The molecule has 0 bridgehead atoms. The molecular formula is C16H23N3O3. The van der Waals surface area contributed by atoms with E-state index in [0.29, 0.717) is 18.5 Å². The van der Waals surface area contributed by atoms with Crippen molar-refractivity contribution in [3.8, 4) is 0 Å². The molecule has 1 heterocycles. The number of carbonyl (C=O) groups is 2. The zero-order valence-electron chi connectivity index (χ0n) is 12.8. The van der Waals surface area contributed by atoms with Gasteiger partial charge in [-0.05, 0) is 24.1 Å². The maximum atomic E-state index is 11.4. The summed E-state index contributed by atoms with van der Waals surface area (Å²) in [4.78, 5) is 24.6. The molecule has 4 N–H and O–H groups in total. The molecule has 1 aromatic carbocycles. The molecule has 0 radical (unpaired) electrons. The highest BCUT2D eigenvalue weighted by Gasteiger charge is 2.32. The summed E-state index contributed by atoms with van der Waals surface area (Å²) in [5.74, 6) is -0.462. The molecule has 6 nitrogen and oxygen atoms in total. The quantitative estimate of drug-likeness (QED) is 0.676. The lowest BCUT2D eigenvalue weighted by Gasteiger charge is -2.15.